The van der Waals surface area contributed by atoms with Crippen LogP contribution in [0.25, 0.3) is 0 Å². The number of hydrogen-bond acceptors (Lipinski definition) is 1. The molecule has 0 aliphatic heterocycles. The molecule has 0 aromatic heterocycles. The Morgan fingerprint density at radius 1 is 1.20 bits per heavy atom. The van der Waals surface area contributed by atoms with E-state index in [1.165, 1.54) is 0 Å². The van der Waals surface area contributed by atoms with Gasteiger partial charge in [0.1, 0.15) is 5.78 Å². The average molecular weight is 313 g/mol. The van der Waals surface area contributed by atoms with Crippen molar-refractivity contribution in [2.24, 2.45) is 17.3 Å². The molecule has 1 aliphatic carbocycles. The molecule has 110 valence electrons. The fraction of sp³-hybridized carbons (Fsp3) is 0.588. The van der Waals surface area contributed by atoms with E-state index in [2.05, 4.69) is 20.8 Å². The Hall–Kier alpha value is -0.530. The van der Waals surface area contributed by atoms with Crippen LogP contribution in [-0.2, 0) is 11.2 Å². The van der Waals surface area contributed by atoms with Crippen molar-refractivity contribution in [2.45, 2.75) is 46.5 Å². The molecule has 0 heterocycles. The first kappa shape index (κ1) is 15.9. The third kappa shape index (κ3) is 3.77. The highest BCUT2D eigenvalue weighted by molar-refractivity contribution is 6.42. The van der Waals surface area contributed by atoms with Crippen LogP contribution in [0.5, 0.6) is 0 Å². The molecule has 3 heteroatoms. The molecule has 20 heavy (non-hydrogen) atoms. The van der Waals surface area contributed by atoms with Crippen molar-refractivity contribution in [1.82, 2.24) is 0 Å². The molecule has 0 saturated heterocycles. The quantitative estimate of drug-likeness (QED) is 0.698. The molecule has 0 amide bonds. The summed E-state index contributed by atoms with van der Waals surface area (Å²) in [6.45, 7) is 6.80. The fourth-order valence-electron chi connectivity index (χ4n) is 3.05. The van der Waals surface area contributed by atoms with Crippen LogP contribution in [0.4, 0.5) is 0 Å². The number of ketones is 1. The summed E-state index contributed by atoms with van der Waals surface area (Å²) >= 11 is 12.0. The monoisotopic (exact) mass is 312 g/mol. The van der Waals surface area contributed by atoms with Gasteiger partial charge < -0.3 is 0 Å². The summed E-state index contributed by atoms with van der Waals surface area (Å²) < 4.78 is 0. The number of hydrogen-bond donors (Lipinski definition) is 0. The van der Waals surface area contributed by atoms with E-state index in [1.54, 1.807) is 0 Å². The maximum atomic E-state index is 12.2. The van der Waals surface area contributed by atoms with E-state index in [1.807, 2.05) is 18.2 Å². The van der Waals surface area contributed by atoms with Gasteiger partial charge >= 0.3 is 0 Å². The van der Waals surface area contributed by atoms with Gasteiger partial charge in [-0.2, -0.15) is 0 Å². The van der Waals surface area contributed by atoms with E-state index in [4.69, 9.17) is 23.2 Å². The maximum Gasteiger partial charge on any atom is 0.136 e. The molecule has 0 spiro atoms. The lowest BCUT2D eigenvalue weighted by Gasteiger charge is -2.37. The normalized spacial score (nSPS) is 23.9. The van der Waals surface area contributed by atoms with Gasteiger partial charge in [0.15, 0.2) is 0 Å². The number of carbonyl (C=O) groups is 1. The Kier molecular flexibility index (Phi) is 4.81. The smallest absolute Gasteiger partial charge is 0.136 e. The van der Waals surface area contributed by atoms with E-state index in [0.29, 0.717) is 28.2 Å². The number of carbonyl (C=O) groups excluding carboxylic acids is 1. The Bertz CT molecular complexity index is 502. The SMILES string of the molecule is CC(C)(C)C1CCC(=O)C(Cc2ccc(Cl)c(Cl)c2)C1. The summed E-state index contributed by atoms with van der Waals surface area (Å²) in [6.07, 6.45) is 3.51. The predicted molar refractivity (Wildman–Crippen MR) is 85.5 cm³/mol. The summed E-state index contributed by atoms with van der Waals surface area (Å²) in [6, 6.07) is 5.67. The van der Waals surface area contributed by atoms with Crippen LogP contribution in [0.1, 0.15) is 45.6 Å². The summed E-state index contributed by atoms with van der Waals surface area (Å²) in [7, 11) is 0. The van der Waals surface area contributed by atoms with Crippen molar-refractivity contribution in [3.63, 3.8) is 0 Å². The predicted octanol–water partition coefficient (Wildman–Crippen LogP) is 5.57. The van der Waals surface area contributed by atoms with Crippen molar-refractivity contribution in [3.8, 4) is 0 Å². The Labute approximate surface area is 131 Å². The highest BCUT2D eigenvalue weighted by atomic mass is 35.5. The number of benzene rings is 1. The molecule has 1 fully saturated rings. The van der Waals surface area contributed by atoms with E-state index < -0.39 is 0 Å². The van der Waals surface area contributed by atoms with Crippen LogP contribution in [0, 0.1) is 17.3 Å². The lowest BCUT2D eigenvalue weighted by Crippen LogP contribution is -2.33. The average Bonchev–Trinajstić information content (AvgIpc) is 2.35. The van der Waals surface area contributed by atoms with Crippen LogP contribution < -0.4 is 0 Å². The molecule has 1 aliphatic rings. The summed E-state index contributed by atoms with van der Waals surface area (Å²) in [5.74, 6) is 1.15. The zero-order valence-electron chi connectivity index (χ0n) is 12.4. The molecular formula is C17H22Cl2O. The minimum atomic E-state index is 0.130. The van der Waals surface area contributed by atoms with Gasteiger partial charge in [0.25, 0.3) is 0 Å². The van der Waals surface area contributed by atoms with Gasteiger partial charge in [-0.25, -0.2) is 0 Å². The van der Waals surface area contributed by atoms with Crippen LogP contribution in [-0.4, -0.2) is 5.78 Å². The molecule has 0 N–H and O–H groups in total. The van der Waals surface area contributed by atoms with Crippen LogP contribution in [0.3, 0.4) is 0 Å². The van der Waals surface area contributed by atoms with Crippen LogP contribution >= 0.6 is 23.2 Å². The van der Waals surface area contributed by atoms with Crippen LogP contribution in [0.2, 0.25) is 10.0 Å². The highest BCUT2D eigenvalue weighted by Gasteiger charge is 2.34. The molecule has 2 atom stereocenters. The Balaban J connectivity index is 2.10. The second-order valence-electron chi connectivity index (χ2n) is 6.95. The van der Waals surface area contributed by atoms with E-state index in [-0.39, 0.29) is 11.3 Å². The molecule has 1 nitrogen and oxygen atoms in total. The first-order valence-electron chi connectivity index (χ1n) is 7.24. The second kappa shape index (κ2) is 6.07. The third-order valence-electron chi connectivity index (χ3n) is 4.45. The second-order valence-corrected chi connectivity index (χ2v) is 7.77. The lowest BCUT2D eigenvalue weighted by molar-refractivity contribution is -0.126. The summed E-state index contributed by atoms with van der Waals surface area (Å²) in [5.41, 5.74) is 1.38. The van der Waals surface area contributed by atoms with Crippen molar-refractivity contribution in [1.29, 1.82) is 0 Å². The number of halogens is 2. The van der Waals surface area contributed by atoms with E-state index in [9.17, 15) is 4.79 Å². The molecule has 0 radical (unpaired) electrons. The van der Waals surface area contributed by atoms with E-state index >= 15 is 0 Å². The van der Waals surface area contributed by atoms with E-state index in [0.717, 1.165) is 24.8 Å². The van der Waals surface area contributed by atoms with Crippen LogP contribution in [0.15, 0.2) is 18.2 Å². The van der Waals surface area contributed by atoms with Gasteiger partial charge in [0.05, 0.1) is 10.0 Å². The van der Waals surface area contributed by atoms with Crippen molar-refractivity contribution < 1.29 is 4.79 Å². The fourth-order valence-corrected chi connectivity index (χ4v) is 3.37. The van der Waals surface area contributed by atoms with Gasteiger partial charge in [-0.05, 0) is 48.3 Å². The molecular weight excluding hydrogens is 291 g/mol. The molecule has 0 bridgehead atoms. The minimum absolute atomic E-state index is 0.130. The third-order valence-corrected chi connectivity index (χ3v) is 5.19. The van der Waals surface area contributed by atoms with Crippen molar-refractivity contribution >= 4 is 29.0 Å². The topological polar surface area (TPSA) is 17.1 Å². The molecule has 2 rings (SSSR count). The number of Topliss-reactive ketones (excluding diaryl/α,β-unsaturated/α-hetero) is 1. The van der Waals surface area contributed by atoms with Gasteiger partial charge in [-0.1, -0.05) is 50.0 Å². The summed E-state index contributed by atoms with van der Waals surface area (Å²) in [5, 5.41) is 1.14. The summed E-state index contributed by atoms with van der Waals surface area (Å²) in [4.78, 5) is 12.2. The zero-order valence-corrected chi connectivity index (χ0v) is 13.9. The zero-order chi connectivity index (χ0) is 14.9. The first-order chi connectivity index (χ1) is 9.27. The number of rotatable bonds is 2. The lowest BCUT2D eigenvalue weighted by atomic mass is 9.67. The van der Waals surface area contributed by atoms with Crippen molar-refractivity contribution in [2.75, 3.05) is 0 Å². The maximum absolute atomic E-state index is 12.2. The van der Waals surface area contributed by atoms with Gasteiger partial charge in [0, 0.05) is 12.3 Å². The molecule has 2 unspecified atom stereocenters. The first-order valence-corrected chi connectivity index (χ1v) is 7.99. The largest absolute Gasteiger partial charge is 0.299 e. The standard InChI is InChI=1S/C17H22Cl2O/c1-17(2,3)13-5-7-16(20)12(10-13)8-11-4-6-14(18)15(19)9-11/h4,6,9,12-13H,5,7-8,10H2,1-3H3. The highest BCUT2D eigenvalue weighted by Crippen LogP contribution is 2.40. The Morgan fingerprint density at radius 2 is 1.90 bits per heavy atom. The Morgan fingerprint density at radius 3 is 2.50 bits per heavy atom. The molecule has 1 saturated carbocycles. The van der Waals surface area contributed by atoms with Gasteiger partial charge in [0.2, 0.25) is 0 Å². The minimum Gasteiger partial charge on any atom is -0.299 e. The van der Waals surface area contributed by atoms with Crippen molar-refractivity contribution in [3.05, 3.63) is 33.8 Å². The van der Waals surface area contributed by atoms with Gasteiger partial charge in [-0.15, -0.1) is 0 Å². The molecule has 1 aromatic rings. The molecule has 1 aromatic carbocycles. The van der Waals surface area contributed by atoms with Gasteiger partial charge in [-0.3, -0.25) is 4.79 Å².